The van der Waals surface area contributed by atoms with E-state index in [4.69, 9.17) is 4.42 Å². The van der Waals surface area contributed by atoms with Crippen LogP contribution in [-0.4, -0.2) is 20.7 Å². The van der Waals surface area contributed by atoms with Gasteiger partial charge in [0.15, 0.2) is 11.2 Å². The number of fused-ring (bicyclic) bond motifs is 5. The molecule has 4 rings (SSSR count). The summed E-state index contributed by atoms with van der Waals surface area (Å²) >= 11 is 0. The van der Waals surface area contributed by atoms with Gasteiger partial charge in [-0.25, -0.2) is 4.79 Å². The van der Waals surface area contributed by atoms with Gasteiger partial charge < -0.3 is 19.2 Å². The number of phenols is 1. The van der Waals surface area contributed by atoms with Crippen LogP contribution in [0.4, 0.5) is 0 Å². The molecule has 3 heterocycles. The number of carboxylic acids is 1. The summed E-state index contributed by atoms with van der Waals surface area (Å²) in [5.74, 6) is -0.576. The van der Waals surface area contributed by atoms with E-state index in [1.807, 2.05) is 10.6 Å². The van der Waals surface area contributed by atoms with E-state index in [1.165, 1.54) is 12.3 Å². The summed E-state index contributed by atoms with van der Waals surface area (Å²) < 4.78 is 7.79. The van der Waals surface area contributed by atoms with E-state index in [1.54, 1.807) is 12.1 Å². The lowest BCUT2D eigenvalue weighted by atomic mass is 9.80. The van der Waals surface area contributed by atoms with Crippen molar-refractivity contribution < 1.29 is 19.4 Å². The van der Waals surface area contributed by atoms with Gasteiger partial charge in [-0.2, -0.15) is 0 Å². The molecule has 3 aromatic rings. The molecule has 0 aliphatic carbocycles. The van der Waals surface area contributed by atoms with Gasteiger partial charge in [0.05, 0.1) is 5.69 Å². The molecule has 0 spiro atoms. The highest BCUT2D eigenvalue weighted by atomic mass is 16.4. The van der Waals surface area contributed by atoms with E-state index in [2.05, 4.69) is 20.8 Å². The van der Waals surface area contributed by atoms with E-state index < -0.39 is 11.4 Å². The lowest BCUT2D eigenvalue weighted by Crippen LogP contribution is -2.32. The highest BCUT2D eigenvalue weighted by Crippen LogP contribution is 2.46. The third-order valence-electron chi connectivity index (χ3n) is 5.05. The van der Waals surface area contributed by atoms with E-state index in [0.29, 0.717) is 23.5 Å². The molecule has 1 aliphatic heterocycles. The summed E-state index contributed by atoms with van der Waals surface area (Å²) in [5.41, 5.74) is 1.12. The molecule has 1 aliphatic rings. The second kappa shape index (κ2) is 5.24. The number of aromatic carboxylic acids is 1. The molecule has 0 bridgehead atoms. The van der Waals surface area contributed by atoms with E-state index >= 15 is 0 Å². The smallest absolute Gasteiger partial charge is 0.341 e. The van der Waals surface area contributed by atoms with Crippen LogP contribution in [0.3, 0.4) is 0 Å². The van der Waals surface area contributed by atoms with Crippen LogP contribution in [0.2, 0.25) is 0 Å². The van der Waals surface area contributed by atoms with Gasteiger partial charge in [0.25, 0.3) is 0 Å². The quantitative estimate of drug-likeness (QED) is 0.694. The Kier molecular flexibility index (Phi) is 3.31. The molecule has 0 radical (unpaired) electrons. The minimum absolute atomic E-state index is 0.0432. The van der Waals surface area contributed by atoms with Gasteiger partial charge in [0.2, 0.25) is 0 Å². The van der Waals surface area contributed by atoms with Crippen LogP contribution < -0.4 is 5.43 Å². The molecule has 6 heteroatoms. The second-order valence-corrected chi connectivity index (χ2v) is 7.83. The van der Waals surface area contributed by atoms with Crippen LogP contribution in [-0.2, 0) is 6.42 Å². The molecule has 134 valence electrons. The zero-order chi connectivity index (χ0) is 18.8. The first-order chi connectivity index (χ1) is 12.2. The number of hydrogen-bond donors (Lipinski definition) is 2. The van der Waals surface area contributed by atoms with Gasteiger partial charge in [-0.3, -0.25) is 4.79 Å². The fourth-order valence-electron chi connectivity index (χ4n) is 3.71. The molecular weight excluding hydrogens is 334 g/mol. The minimum Gasteiger partial charge on any atom is -0.508 e. The van der Waals surface area contributed by atoms with Crippen molar-refractivity contribution in [1.82, 2.24) is 4.57 Å². The molecule has 1 atom stereocenters. The predicted molar refractivity (Wildman–Crippen MR) is 96.7 cm³/mol. The highest BCUT2D eigenvalue weighted by Gasteiger charge is 2.36. The molecule has 0 saturated carbocycles. The standard InChI is InChI=1S/C20H19NO5/c1-20(2,3)17-7-12-11-5-4-10(22)6-16(11)26-18(12)14-8-15(23)13(19(24)25)9-21(14)17/h4-6,8-9,17,22H,7H2,1-3H3,(H,24,25)/t17-/m0/s1. The average molecular weight is 353 g/mol. The largest absolute Gasteiger partial charge is 0.508 e. The zero-order valence-electron chi connectivity index (χ0n) is 14.7. The number of rotatable bonds is 1. The Morgan fingerprint density at radius 3 is 2.65 bits per heavy atom. The molecule has 6 nitrogen and oxygen atoms in total. The maximum atomic E-state index is 12.3. The number of aromatic nitrogens is 1. The topological polar surface area (TPSA) is 92.7 Å². The van der Waals surface area contributed by atoms with Gasteiger partial charge in [-0.05, 0) is 24.0 Å². The van der Waals surface area contributed by atoms with Crippen molar-refractivity contribution in [2.75, 3.05) is 0 Å². The maximum absolute atomic E-state index is 12.3. The van der Waals surface area contributed by atoms with Crippen LogP contribution in [0.25, 0.3) is 22.4 Å². The van der Waals surface area contributed by atoms with E-state index in [9.17, 15) is 19.8 Å². The summed E-state index contributed by atoms with van der Waals surface area (Å²) in [5, 5.41) is 20.0. The van der Waals surface area contributed by atoms with Gasteiger partial charge in [-0.1, -0.05) is 20.8 Å². The highest BCUT2D eigenvalue weighted by molar-refractivity contribution is 5.90. The number of aromatic hydroxyl groups is 1. The second-order valence-electron chi connectivity index (χ2n) is 7.83. The molecule has 2 N–H and O–H groups in total. The van der Waals surface area contributed by atoms with Crippen molar-refractivity contribution in [3.8, 4) is 17.2 Å². The first-order valence-electron chi connectivity index (χ1n) is 8.41. The summed E-state index contributed by atoms with van der Waals surface area (Å²) in [6.07, 6.45) is 2.06. The monoisotopic (exact) mass is 353 g/mol. The van der Waals surface area contributed by atoms with Crippen molar-refractivity contribution in [3.63, 3.8) is 0 Å². The number of pyridine rings is 1. The van der Waals surface area contributed by atoms with Crippen molar-refractivity contribution in [2.24, 2.45) is 5.41 Å². The normalized spacial score (nSPS) is 16.3. The zero-order valence-corrected chi connectivity index (χ0v) is 14.7. The number of benzene rings is 1. The summed E-state index contributed by atoms with van der Waals surface area (Å²) in [6.45, 7) is 6.25. The predicted octanol–water partition coefficient (Wildman–Crippen LogP) is 3.81. The lowest BCUT2D eigenvalue weighted by Gasteiger charge is -2.37. The van der Waals surface area contributed by atoms with Crippen LogP contribution in [0.5, 0.6) is 5.75 Å². The van der Waals surface area contributed by atoms with Crippen LogP contribution in [0.15, 0.2) is 39.7 Å². The fraction of sp³-hybridized carbons (Fsp3) is 0.300. The van der Waals surface area contributed by atoms with Crippen molar-refractivity contribution in [1.29, 1.82) is 0 Å². The average Bonchev–Trinajstić information content (AvgIpc) is 2.90. The number of phenolic OH excluding ortho intramolecular Hbond substituents is 1. The molecular formula is C20H19NO5. The lowest BCUT2D eigenvalue weighted by molar-refractivity contribution is 0.0693. The van der Waals surface area contributed by atoms with Crippen LogP contribution in [0.1, 0.15) is 42.7 Å². The number of carbonyl (C=O) groups is 1. The fourth-order valence-corrected chi connectivity index (χ4v) is 3.71. The third-order valence-corrected chi connectivity index (χ3v) is 5.05. The van der Waals surface area contributed by atoms with Gasteiger partial charge >= 0.3 is 5.97 Å². The summed E-state index contributed by atoms with van der Waals surface area (Å²) in [7, 11) is 0. The minimum atomic E-state index is -1.24. The Hall–Kier alpha value is -3.02. The van der Waals surface area contributed by atoms with Gasteiger partial charge in [-0.15, -0.1) is 0 Å². The Balaban J connectivity index is 2.07. The molecule has 0 saturated heterocycles. The Labute approximate surface area is 149 Å². The molecule has 1 aromatic carbocycles. The van der Waals surface area contributed by atoms with Crippen molar-refractivity contribution in [2.45, 2.75) is 33.2 Å². The van der Waals surface area contributed by atoms with Crippen molar-refractivity contribution >= 4 is 16.9 Å². The SMILES string of the molecule is CC(C)(C)[C@@H]1Cc2c(oc3cc(O)ccc23)-c2cc(=O)c(C(=O)O)cn21. The number of furan rings is 1. The molecule has 0 fully saturated rings. The summed E-state index contributed by atoms with van der Waals surface area (Å²) in [6, 6.07) is 6.26. The summed E-state index contributed by atoms with van der Waals surface area (Å²) in [4.78, 5) is 23.7. The van der Waals surface area contributed by atoms with Gasteiger partial charge in [0.1, 0.15) is 16.9 Å². The van der Waals surface area contributed by atoms with Crippen LogP contribution in [0, 0.1) is 5.41 Å². The number of nitrogens with zero attached hydrogens (tertiary/aromatic N) is 1. The molecule has 0 unspecified atom stereocenters. The first kappa shape index (κ1) is 16.4. The van der Waals surface area contributed by atoms with Crippen LogP contribution >= 0.6 is 0 Å². The van der Waals surface area contributed by atoms with E-state index in [-0.39, 0.29) is 22.8 Å². The Morgan fingerprint density at radius 1 is 1.27 bits per heavy atom. The van der Waals surface area contributed by atoms with Crippen molar-refractivity contribution in [3.05, 3.63) is 51.8 Å². The molecule has 0 amide bonds. The first-order valence-corrected chi connectivity index (χ1v) is 8.41. The van der Waals surface area contributed by atoms with Gasteiger partial charge in [0, 0.05) is 35.3 Å². The number of carboxylic acid groups (broad SMARTS) is 1. The third kappa shape index (κ3) is 2.33. The Morgan fingerprint density at radius 2 is 2.00 bits per heavy atom. The van der Waals surface area contributed by atoms with E-state index in [0.717, 1.165) is 10.9 Å². The Bertz CT molecular complexity index is 1110. The number of hydrogen-bond acceptors (Lipinski definition) is 4. The molecule has 26 heavy (non-hydrogen) atoms. The molecule has 2 aromatic heterocycles. The maximum Gasteiger partial charge on any atom is 0.341 e.